The summed E-state index contributed by atoms with van der Waals surface area (Å²) in [6.45, 7) is 5.59. The van der Waals surface area contributed by atoms with Crippen LogP contribution < -0.4 is 5.32 Å². The van der Waals surface area contributed by atoms with Crippen molar-refractivity contribution in [3.8, 4) is 0 Å². The molecule has 1 saturated carbocycles. The lowest BCUT2D eigenvalue weighted by molar-refractivity contribution is -0.185. The van der Waals surface area contributed by atoms with Crippen molar-refractivity contribution in [2.75, 3.05) is 13.2 Å². The van der Waals surface area contributed by atoms with E-state index in [-0.39, 0.29) is 24.3 Å². The molecule has 1 aromatic rings. The van der Waals surface area contributed by atoms with Gasteiger partial charge in [-0.05, 0) is 45.7 Å². The first kappa shape index (κ1) is 19.4. The molecular weight excluding hydrogens is 380 g/mol. The van der Waals surface area contributed by atoms with E-state index in [0.29, 0.717) is 17.9 Å². The number of imide groups is 1. The fraction of sp³-hybridized carbons (Fsp3) is 0.500. The summed E-state index contributed by atoms with van der Waals surface area (Å²) in [4.78, 5) is 54.5. The normalized spacial score (nSPS) is 27.3. The average Bonchev–Trinajstić information content (AvgIpc) is 3.25. The quantitative estimate of drug-likeness (QED) is 0.765. The molecule has 1 aliphatic carbocycles. The summed E-state index contributed by atoms with van der Waals surface area (Å²) in [6, 6.07) is 6.29. The van der Waals surface area contributed by atoms with Gasteiger partial charge < -0.3 is 19.6 Å². The van der Waals surface area contributed by atoms with Crippen molar-refractivity contribution in [1.82, 2.24) is 10.4 Å². The Balaban J connectivity index is 1.35. The van der Waals surface area contributed by atoms with E-state index in [9.17, 15) is 19.2 Å². The van der Waals surface area contributed by atoms with Gasteiger partial charge in [-0.3, -0.25) is 9.59 Å². The summed E-state index contributed by atoms with van der Waals surface area (Å²) < 4.78 is 10.9. The Hall–Kier alpha value is -2.94. The molecular formula is C20H22N2O7. The first-order valence-corrected chi connectivity index (χ1v) is 9.35. The van der Waals surface area contributed by atoms with Crippen molar-refractivity contribution in [1.29, 1.82) is 0 Å². The van der Waals surface area contributed by atoms with Crippen molar-refractivity contribution >= 4 is 23.9 Å². The highest BCUT2D eigenvalue weighted by atomic mass is 16.7. The summed E-state index contributed by atoms with van der Waals surface area (Å²) >= 11 is 0. The standard InChI is InChI=1S/C20H22N2O7/c1-18(2,3)28-17(26)21-10-20-8-19(9-20,11-27-20)16(25)29-22-14(23)12-6-4-5-7-13(12)15(22)24/h4-7H,8-11H2,1-3H3,(H,21,26). The minimum atomic E-state index is -0.926. The fourth-order valence-corrected chi connectivity index (χ4v) is 4.03. The van der Waals surface area contributed by atoms with Gasteiger partial charge in [0, 0.05) is 6.54 Å². The summed E-state index contributed by atoms with van der Waals surface area (Å²) in [6.07, 6.45) is 0.101. The lowest BCUT2D eigenvalue weighted by Crippen LogP contribution is -2.56. The van der Waals surface area contributed by atoms with Gasteiger partial charge >= 0.3 is 12.1 Å². The van der Waals surface area contributed by atoms with Gasteiger partial charge in [-0.25, -0.2) is 9.59 Å². The number of hydroxylamine groups is 2. The summed E-state index contributed by atoms with van der Waals surface area (Å²) in [5, 5.41) is 3.17. The number of hydrogen-bond acceptors (Lipinski definition) is 7. The summed E-state index contributed by atoms with van der Waals surface area (Å²) in [7, 11) is 0. The van der Waals surface area contributed by atoms with Crippen LogP contribution in [0.15, 0.2) is 24.3 Å². The minimum absolute atomic E-state index is 0.102. The van der Waals surface area contributed by atoms with Crippen molar-refractivity contribution in [2.24, 2.45) is 5.41 Å². The maximum absolute atomic E-state index is 12.7. The molecule has 29 heavy (non-hydrogen) atoms. The maximum Gasteiger partial charge on any atom is 0.407 e. The number of rotatable bonds is 4. The Morgan fingerprint density at radius 2 is 1.72 bits per heavy atom. The lowest BCUT2D eigenvalue weighted by atomic mass is 9.62. The zero-order valence-electron chi connectivity index (χ0n) is 16.4. The highest BCUT2D eigenvalue weighted by Gasteiger charge is 2.68. The highest BCUT2D eigenvalue weighted by Crippen LogP contribution is 2.58. The van der Waals surface area contributed by atoms with Gasteiger partial charge in [0.1, 0.15) is 5.60 Å². The maximum atomic E-state index is 12.7. The number of carbonyl (C=O) groups is 4. The highest BCUT2D eigenvalue weighted by molar-refractivity contribution is 6.20. The van der Waals surface area contributed by atoms with Crippen LogP contribution in [0.2, 0.25) is 0 Å². The molecule has 154 valence electrons. The summed E-state index contributed by atoms with van der Waals surface area (Å²) in [5.41, 5.74) is -1.80. The van der Waals surface area contributed by atoms with Crippen molar-refractivity contribution < 1.29 is 33.5 Å². The predicted octanol–water partition coefficient (Wildman–Crippen LogP) is 1.81. The van der Waals surface area contributed by atoms with Crippen LogP contribution in [0.4, 0.5) is 4.79 Å². The number of nitrogens with one attached hydrogen (secondary N) is 1. The van der Waals surface area contributed by atoms with Crippen LogP contribution in [0.3, 0.4) is 0 Å². The van der Waals surface area contributed by atoms with E-state index in [0.717, 1.165) is 0 Å². The SMILES string of the molecule is CC(C)(C)OC(=O)NCC12CC(C(=O)ON3C(=O)c4ccccc4C3=O)(CO1)C2. The first-order valence-electron chi connectivity index (χ1n) is 9.35. The lowest BCUT2D eigenvalue weighted by Gasteiger charge is -2.42. The molecule has 1 aromatic carbocycles. The molecule has 9 heteroatoms. The van der Waals surface area contributed by atoms with Crippen LogP contribution in [-0.4, -0.2) is 53.3 Å². The minimum Gasteiger partial charge on any atom is -0.444 e. The van der Waals surface area contributed by atoms with Gasteiger partial charge in [0.15, 0.2) is 0 Å². The number of alkyl carbamates (subject to hydrolysis) is 1. The molecule has 0 aromatic heterocycles. The van der Waals surface area contributed by atoms with E-state index >= 15 is 0 Å². The Labute approximate surface area is 167 Å². The van der Waals surface area contributed by atoms with E-state index < -0.39 is 40.5 Å². The third-order valence-corrected chi connectivity index (χ3v) is 5.29. The van der Waals surface area contributed by atoms with Gasteiger partial charge in [0.2, 0.25) is 0 Å². The van der Waals surface area contributed by atoms with Crippen LogP contribution in [0.5, 0.6) is 0 Å². The largest absolute Gasteiger partial charge is 0.444 e. The predicted molar refractivity (Wildman–Crippen MR) is 97.6 cm³/mol. The molecule has 3 amide bonds. The molecule has 3 aliphatic heterocycles. The smallest absolute Gasteiger partial charge is 0.407 e. The average molecular weight is 402 g/mol. The topological polar surface area (TPSA) is 111 Å². The molecule has 2 bridgehead atoms. The zero-order valence-corrected chi connectivity index (χ0v) is 16.4. The molecule has 0 unspecified atom stereocenters. The Bertz CT molecular complexity index is 877. The Morgan fingerprint density at radius 1 is 1.14 bits per heavy atom. The zero-order chi connectivity index (χ0) is 21.0. The van der Waals surface area contributed by atoms with Crippen molar-refractivity contribution in [3.63, 3.8) is 0 Å². The van der Waals surface area contributed by atoms with Gasteiger partial charge in [-0.1, -0.05) is 17.2 Å². The number of carbonyl (C=O) groups excluding carboxylic acids is 4. The monoisotopic (exact) mass is 402 g/mol. The van der Waals surface area contributed by atoms with Gasteiger partial charge in [-0.15, -0.1) is 0 Å². The molecule has 0 atom stereocenters. The second kappa shape index (κ2) is 6.28. The molecule has 4 aliphatic rings. The van der Waals surface area contributed by atoms with Crippen LogP contribution in [0.1, 0.15) is 54.3 Å². The van der Waals surface area contributed by atoms with Gasteiger partial charge in [0.25, 0.3) is 11.8 Å². The molecule has 3 heterocycles. The second-order valence-corrected chi connectivity index (χ2v) is 8.79. The number of nitrogens with zero attached hydrogens (tertiary/aromatic N) is 1. The van der Waals surface area contributed by atoms with E-state index in [1.54, 1.807) is 32.9 Å². The third-order valence-electron chi connectivity index (χ3n) is 5.29. The van der Waals surface area contributed by atoms with Crippen molar-refractivity contribution in [3.05, 3.63) is 35.4 Å². The van der Waals surface area contributed by atoms with E-state index in [2.05, 4.69) is 5.32 Å². The molecule has 0 radical (unpaired) electrons. The van der Waals surface area contributed by atoms with Gasteiger partial charge in [0.05, 0.1) is 28.7 Å². The van der Waals surface area contributed by atoms with Crippen LogP contribution in [0, 0.1) is 5.41 Å². The number of hydrogen-bond donors (Lipinski definition) is 1. The number of amides is 3. The molecule has 9 nitrogen and oxygen atoms in total. The van der Waals surface area contributed by atoms with E-state index in [1.165, 1.54) is 12.1 Å². The van der Waals surface area contributed by atoms with Gasteiger partial charge in [-0.2, -0.15) is 0 Å². The van der Waals surface area contributed by atoms with E-state index in [1.807, 2.05) is 0 Å². The van der Waals surface area contributed by atoms with Crippen LogP contribution >= 0.6 is 0 Å². The van der Waals surface area contributed by atoms with Crippen LogP contribution in [0.25, 0.3) is 0 Å². The fourth-order valence-electron chi connectivity index (χ4n) is 4.03. The number of ether oxygens (including phenoxy) is 2. The molecule has 3 fully saturated rings. The summed E-state index contributed by atoms with van der Waals surface area (Å²) in [5.74, 6) is -2.00. The molecule has 5 rings (SSSR count). The van der Waals surface area contributed by atoms with Crippen LogP contribution in [-0.2, 0) is 19.1 Å². The van der Waals surface area contributed by atoms with Crippen molar-refractivity contribution in [2.45, 2.75) is 44.8 Å². The number of benzene rings is 1. The molecule has 0 spiro atoms. The number of fused-ring (bicyclic) bond motifs is 2. The first-order chi connectivity index (χ1) is 13.5. The Kier molecular flexibility index (Phi) is 4.20. The third kappa shape index (κ3) is 3.25. The Morgan fingerprint density at radius 3 is 2.28 bits per heavy atom. The molecule has 1 N–H and O–H groups in total. The molecule has 2 saturated heterocycles. The second-order valence-electron chi connectivity index (χ2n) is 8.79. The van der Waals surface area contributed by atoms with E-state index in [4.69, 9.17) is 14.3 Å².